The predicted molar refractivity (Wildman–Crippen MR) is 93.7 cm³/mol. The van der Waals surface area contributed by atoms with E-state index in [2.05, 4.69) is 27.1 Å². The molecule has 6 nitrogen and oxygen atoms in total. The van der Waals surface area contributed by atoms with Crippen molar-refractivity contribution in [2.45, 2.75) is 20.0 Å². The van der Waals surface area contributed by atoms with Crippen molar-refractivity contribution in [1.82, 2.24) is 15.0 Å². The van der Waals surface area contributed by atoms with E-state index < -0.39 is 0 Å². The van der Waals surface area contributed by atoms with E-state index in [9.17, 15) is 4.79 Å². The Labute approximate surface area is 144 Å². The maximum absolute atomic E-state index is 11.5. The monoisotopic (exact) mass is 342 g/mol. The summed E-state index contributed by atoms with van der Waals surface area (Å²) in [6.07, 6.45) is 1.75. The van der Waals surface area contributed by atoms with Crippen LogP contribution < -0.4 is 5.32 Å². The van der Waals surface area contributed by atoms with Crippen LogP contribution in [-0.4, -0.2) is 27.6 Å². The van der Waals surface area contributed by atoms with Crippen molar-refractivity contribution >= 4 is 23.0 Å². The van der Waals surface area contributed by atoms with Crippen LogP contribution in [0.15, 0.2) is 48.0 Å². The van der Waals surface area contributed by atoms with Crippen LogP contribution in [0.3, 0.4) is 0 Å². The van der Waals surface area contributed by atoms with Crippen molar-refractivity contribution in [3.05, 3.63) is 52.9 Å². The summed E-state index contributed by atoms with van der Waals surface area (Å²) >= 11 is 1.72. The third-order valence-corrected chi connectivity index (χ3v) is 4.22. The smallest absolute Gasteiger partial charge is 0.327 e. The Morgan fingerprint density at radius 2 is 2.25 bits per heavy atom. The fourth-order valence-electron chi connectivity index (χ4n) is 2.24. The molecule has 0 radical (unpaired) electrons. The van der Waals surface area contributed by atoms with Gasteiger partial charge in [0.2, 0.25) is 0 Å². The molecule has 0 fully saturated rings. The van der Waals surface area contributed by atoms with Gasteiger partial charge in [0.15, 0.2) is 0 Å². The van der Waals surface area contributed by atoms with Crippen molar-refractivity contribution in [1.29, 1.82) is 0 Å². The first-order chi connectivity index (χ1) is 11.7. The zero-order valence-electron chi connectivity index (χ0n) is 13.3. The first-order valence-electron chi connectivity index (χ1n) is 7.67. The Kier molecular flexibility index (Phi) is 5.22. The molecular weight excluding hydrogens is 324 g/mol. The third kappa shape index (κ3) is 4.20. The lowest BCUT2D eigenvalue weighted by Gasteiger charge is -2.06. The molecule has 0 aliphatic carbocycles. The maximum Gasteiger partial charge on any atom is 0.327 e. The van der Waals surface area contributed by atoms with Gasteiger partial charge in [-0.1, -0.05) is 23.4 Å². The largest absolute Gasteiger partial charge is 0.465 e. The number of thiophene rings is 1. The Morgan fingerprint density at radius 3 is 3.04 bits per heavy atom. The number of benzene rings is 1. The van der Waals surface area contributed by atoms with Gasteiger partial charge in [0.1, 0.15) is 12.2 Å². The quantitative estimate of drug-likeness (QED) is 0.668. The minimum atomic E-state index is -0.319. The molecule has 7 heteroatoms. The lowest BCUT2D eigenvalue weighted by molar-refractivity contribution is -0.144. The zero-order chi connectivity index (χ0) is 16.8. The van der Waals surface area contributed by atoms with Gasteiger partial charge in [-0.05, 0) is 30.5 Å². The fraction of sp³-hybridized carbons (Fsp3) is 0.235. The number of hydrogen-bond acceptors (Lipinski definition) is 6. The van der Waals surface area contributed by atoms with E-state index in [1.54, 1.807) is 24.5 Å². The van der Waals surface area contributed by atoms with Gasteiger partial charge in [-0.25, -0.2) is 4.68 Å². The highest BCUT2D eigenvalue weighted by Crippen LogP contribution is 2.21. The van der Waals surface area contributed by atoms with E-state index in [0.717, 1.165) is 23.5 Å². The van der Waals surface area contributed by atoms with Crippen LogP contribution >= 0.6 is 11.3 Å². The van der Waals surface area contributed by atoms with Crippen LogP contribution in [0.2, 0.25) is 0 Å². The molecule has 0 saturated carbocycles. The summed E-state index contributed by atoms with van der Waals surface area (Å²) in [4.78, 5) is 12.8. The Bertz CT molecular complexity index is 799. The molecule has 1 aromatic carbocycles. The lowest BCUT2D eigenvalue weighted by atomic mass is 10.1. The van der Waals surface area contributed by atoms with Crippen LogP contribution in [0, 0.1) is 0 Å². The molecule has 0 amide bonds. The highest BCUT2D eigenvalue weighted by Gasteiger charge is 2.08. The third-order valence-electron chi connectivity index (χ3n) is 3.34. The van der Waals surface area contributed by atoms with E-state index in [4.69, 9.17) is 4.74 Å². The molecule has 2 aromatic heterocycles. The van der Waals surface area contributed by atoms with Gasteiger partial charge in [-0.2, -0.15) is 0 Å². The number of anilines is 1. The van der Waals surface area contributed by atoms with Gasteiger partial charge in [0, 0.05) is 22.7 Å². The SMILES string of the molecule is CCOC(=O)Cn1cc(-c2cccc(NCc3cccs3)c2)nn1. The minimum absolute atomic E-state index is 0.0666. The average Bonchev–Trinajstić information content (AvgIpc) is 3.25. The van der Waals surface area contributed by atoms with E-state index in [0.29, 0.717) is 6.61 Å². The molecule has 0 bridgehead atoms. The van der Waals surface area contributed by atoms with Crippen molar-refractivity contribution < 1.29 is 9.53 Å². The number of carbonyl (C=O) groups excluding carboxylic acids is 1. The predicted octanol–water partition coefficient (Wildman–Crippen LogP) is 3.18. The molecule has 0 aliphatic heterocycles. The average molecular weight is 342 g/mol. The zero-order valence-corrected chi connectivity index (χ0v) is 14.1. The molecule has 3 aromatic rings. The first kappa shape index (κ1) is 16.2. The molecule has 3 rings (SSSR count). The van der Waals surface area contributed by atoms with E-state index in [1.807, 2.05) is 30.3 Å². The molecule has 124 valence electrons. The normalized spacial score (nSPS) is 10.5. The van der Waals surface area contributed by atoms with E-state index >= 15 is 0 Å². The van der Waals surface area contributed by atoms with Crippen LogP contribution in [0.25, 0.3) is 11.3 Å². The van der Waals surface area contributed by atoms with Crippen LogP contribution in [0.5, 0.6) is 0 Å². The number of aromatic nitrogens is 3. The Hall–Kier alpha value is -2.67. The van der Waals surface area contributed by atoms with Gasteiger partial charge in [-0.3, -0.25) is 4.79 Å². The number of esters is 1. The van der Waals surface area contributed by atoms with E-state index in [1.165, 1.54) is 9.56 Å². The molecule has 2 heterocycles. The second kappa shape index (κ2) is 7.74. The molecule has 0 spiro atoms. The number of carbonyl (C=O) groups is 1. The summed E-state index contributed by atoms with van der Waals surface area (Å²) in [5.74, 6) is -0.319. The van der Waals surface area contributed by atoms with Gasteiger partial charge in [0.05, 0.1) is 12.8 Å². The number of nitrogens with zero attached hydrogens (tertiary/aromatic N) is 3. The molecule has 0 aliphatic rings. The van der Waals surface area contributed by atoms with Crippen molar-refractivity contribution in [2.24, 2.45) is 0 Å². The minimum Gasteiger partial charge on any atom is -0.465 e. The highest BCUT2D eigenvalue weighted by molar-refractivity contribution is 7.09. The standard InChI is InChI=1S/C17H18N4O2S/c1-2-23-17(22)12-21-11-16(19-20-21)13-5-3-6-14(9-13)18-10-15-7-4-8-24-15/h3-9,11,18H,2,10,12H2,1H3. The lowest BCUT2D eigenvalue weighted by Crippen LogP contribution is -2.13. The number of hydrogen-bond donors (Lipinski definition) is 1. The molecule has 24 heavy (non-hydrogen) atoms. The summed E-state index contributed by atoms with van der Waals surface area (Å²) in [7, 11) is 0. The molecule has 0 unspecified atom stereocenters. The van der Waals surface area contributed by atoms with Crippen molar-refractivity contribution in [3.63, 3.8) is 0 Å². The van der Waals surface area contributed by atoms with E-state index in [-0.39, 0.29) is 12.5 Å². The first-order valence-corrected chi connectivity index (χ1v) is 8.55. The Balaban J connectivity index is 1.67. The van der Waals surface area contributed by atoms with Crippen LogP contribution in [-0.2, 0) is 22.6 Å². The topological polar surface area (TPSA) is 69.0 Å². The molecule has 1 N–H and O–H groups in total. The fourth-order valence-corrected chi connectivity index (χ4v) is 2.88. The van der Waals surface area contributed by atoms with Crippen molar-refractivity contribution in [2.75, 3.05) is 11.9 Å². The highest BCUT2D eigenvalue weighted by atomic mass is 32.1. The molecular formula is C17H18N4O2S. The van der Waals surface area contributed by atoms with Gasteiger partial charge < -0.3 is 10.1 Å². The van der Waals surface area contributed by atoms with Gasteiger partial charge in [0.25, 0.3) is 0 Å². The molecule has 0 saturated heterocycles. The summed E-state index contributed by atoms with van der Waals surface area (Å²) < 4.78 is 6.40. The summed E-state index contributed by atoms with van der Waals surface area (Å²) in [6.45, 7) is 2.99. The number of ether oxygens (including phenoxy) is 1. The maximum atomic E-state index is 11.5. The summed E-state index contributed by atoms with van der Waals surface area (Å²) in [5.41, 5.74) is 2.68. The number of nitrogens with one attached hydrogen (secondary N) is 1. The Morgan fingerprint density at radius 1 is 1.33 bits per heavy atom. The van der Waals surface area contributed by atoms with Crippen molar-refractivity contribution in [3.8, 4) is 11.3 Å². The van der Waals surface area contributed by atoms with Crippen LogP contribution in [0.1, 0.15) is 11.8 Å². The van der Waals surface area contributed by atoms with Gasteiger partial charge >= 0.3 is 5.97 Å². The van der Waals surface area contributed by atoms with Gasteiger partial charge in [-0.15, -0.1) is 16.4 Å². The second-order valence-electron chi connectivity index (χ2n) is 5.12. The summed E-state index contributed by atoms with van der Waals surface area (Å²) in [5, 5.41) is 13.6. The van der Waals surface area contributed by atoms with Crippen LogP contribution in [0.4, 0.5) is 5.69 Å². The molecule has 0 atom stereocenters. The number of rotatable bonds is 7. The second-order valence-corrected chi connectivity index (χ2v) is 6.15. The summed E-state index contributed by atoms with van der Waals surface area (Å²) in [6, 6.07) is 12.1.